The number of benzene rings is 1. The summed E-state index contributed by atoms with van der Waals surface area (Å²) in [5.74, 6) is -1.02. The van der Waals surface area contributed by atoms with Crippen LogP contribution in [-0.4, -0.2) is 38.6 Å². The lowest BCUT2D eigenvalue weighted by molar-refractivity contribution is -0.146. The van der Waals surface area contributed by atoms with Crippen LogP contribution in [0.5, 0.6) is 0 Å². The van der Waals surface area contributed by atoms with Crippen LogP contribution >= 0.6 is 0 Å². The second-order valence-electron chi connectivity index (χ2n) is 9.41. The molecule has 4 N–H and O–H groups in total. The highest BCUT2D eigenvalue weighted by Crippen LogP contribution is 2.36. The minimum absolute atomic E-state index is 0.159. The molecule has 2 amide bonds. The number of aromatic amines is 1. The van der Waals surface area contributed by atoms with Crippen LogP contribution in [-0.2, 0) is 9.59 Å². The van der Waals surface area contributed by atoms with E-state index in [1.165, 1.54) is 19.4 Å². The predicted octanol–water partition coefficient (Wildman–Crippen LogP) is 4.04. The fraction of sp³-hybridized carbons (Fsp3) is 0.500. The molecule has 0 aliphatic heterocycles. The maximum atomic E-state index is 12.4. The number of carboxylic acid groups (broad SMARTS) is 1. The molecule has 0 radical (unpaired) electrons. The number of nitrogens with one attached hydrogen (secondary N) is 3. The van der Waals surface area contributed by atoms with Gasteiger partial charge >= 0.3 is 5.97 Å². The lowest BCUT2D eigenvalue weighted by atomic mass is 9.78. The number of anilines is 1. The van der Waals surface area contributed by atoms with Crippen molar-refractivity contribution in [1.29, 1.82) is 0 Å². The summed E-state index contributed by atoms with van der Waals surface area (Å²) in [5.41, 5.74) is 1.90. The lowest BCUT2D eigenvalue weighted by Crippen LogP contribution is -2.51. The second kappa shape index (κ2) is 9.54. The molecule has 0 unspecified atom stereocenters. The zero-order valence-corrected chi connectivity index (χ0v) is 19.1. The molecule has 0 atom stereocenters. The Balaban J connectivity index is 1.53. The van der Waals surface area contributed by atoms with Crippen LogP contribution in [0.1, 0.15) is 87.0 Å². The van der Waals surface area contributed by atoms with Gasteiger partial charge in [0.05, 0.1) is 5.69 Å². The highest BCUT2D eigenvalue weighted by Gasteiger charge is 2.33. The van der Waals surface area contributed by atoms with Crippen LogP contribution in [0.3, 0.4) is 0 Å². The number of amides is 2. The van der Waals surface area contributed by atoms with Gasteiger partial charge in [0, 0.05) is 11.6 Å². The Morgan fingerprint density at radius 2 is 1.72 bits per heavy atom. The van der Waals surface area contributed by atoms with E-state index in [-0.39, 0.29) is 23.7 Å². The molecule has 1 aliphatic carbocycles. The van der Waals surface area contributed by atoms with E-state index in [2.05, 4.69) is 20.8 Å². The summed E-state index contributed by atoms with van der Waals surface area (Å²) in [5, 5.41) is 21.7. The minimum atomic E-state index is -1.26. The molecule has 32 heavy (non-hydrogen) atoms. The molecule has 2 aromatic rings. The lowest BCUT2D eigenvalue weighted by Gasteiger charge is -2.30. The molecule has 1 heterocycles. The fourth-order valence-electron chi connectivity index (χ4n) is 3.94. The second-order valence-corrected chi connectivity index (χ2v) is 9.41. The molecule has 0 saturated heterocycles. The topological polar surface area (TPSA) is 124 Å². The third-order valence-electron chi connectivity index (χ3n) is 6.14. The quantitative estimate of drug-likeness (QED) is 0.517. The van der Waals surface area contributed by atoms with Gasteiger partial charge < -0.3 is 15.7 Å². The fourth-order valence-corrected chi connectivity index (χ4v) is 3.94. The molecule has 1 aromatic carbocycles. The van der Waals surface area contributed by atoms with Crippen LogP contribution in [0.2, 0.25) is 0 Å². The van der Waals surface area contributed by atoms with E-state index in [9.17, 15) is 19.5 Å². The van der Waals surface area contributed by atoms with E-state index in [0.717, 1.165) is 31.4 Å². The van der Waals surface area contributed by atoms with E-state index >= 15 is 0 Å². The third-order valence-corrected chi connectivity index (χ3v) is 6.14. The van der Waals surface area contributed by atoms with E-state index in [0.29, 0.717) is 17.3 Å². The van der Waals surface area contributed by atoms with Crippen LogP contribution in [0, 0.1) is 5.92 Å². The number of aliphatic carboxylic acids is 1. The molecule has 3 rings (SSSR count). The molecule has 1 saturated carbocycles. The van der Waals surface area contributed by atoms with Crippen molar-refractivity contribution in [3.8, 4) is 0 Å². The van der Waals surface area contributed by atoms with Crippen LogP contribution in [0.25, 0.3) is 0 Å². The molecular formula is C24H32N4O4. The molecule has 172 valence electrons. The van der Waals surface area contributed by atoms with Crippen molar-refractivity contribution in [1.82, 2.24) is 15.5 Å². The highest BCUT2D eigenvalue weighted by atomic mass is 16.4. The first-order valence-corrected chi connectivity index (χ1v) is 11.1. The summed E-state index contributed by atoms with van der Waals surface area (Å²) in [6.07, 6.45) is 3.18. The first-order chi connectivity index (χ1) is 15.1. The normalized spacial score (nSPS) is 18.9. The Kier molecular flexibility index (Phi) is 7.01. The molecule has 8 heteroatoms. The number of aromatic nitrogens is 2. The maximum Gasteiger partial charge on any atom is 0.328 e. The molecule has 1 fully saturated rings. The van der Waals surface area contributed by atoms with Gasteiger partial charge in [0.2, 0.25) is 5.91 Å². The van der Waals surface area contributed by atoms with E-state index in [4.69, 9.17) is 0 Å². The smallest absolute Gasteiger partial charge is 0.328 e. The Bertz CT molecular complexity index is 970. The van der Waals surface area contributed by atoms with Gasteiger partial charge in [-0.3, -0.25) is 14.7 Å². The Morgan fingerprint density at radius 3 is 2.25 bits per heavy atom. The number of carbonyl (C=O) groups is 3. The van der Waals surface area contributed by atoms with Crippen molar-refractivity contribution >= 4 is 23.5 Å². The average Bonchev–Trinajstić information content (AvgIpc) is 3.25. The van der Waals surface area contributed by atoms with Crippen LogP contribution in [0.4, 0.5) is 5.69 Å². The van der Waals surface area contributed by atoms with E-state index < -0.39 is 11.5 Å². The zero-order chi connectivity index (χ0) is 23.5. The average molecular weight is 441 g/mol. The van der Waals surface area contributed by atoms with Gasteiger partial charge in [-0.1, -0.05) is 26.0 Å². The number of H-pyrrole nitrogens is 1. The third kappa shape index (κ3) is 5.55. The van der Waals surface area contributed by atoms with Crippen LogP contribution < -0.4 is 10.6 Å². The van der Waals surface area contributed by atoms with Gasteiger partial charge in [0.1, 0.15) is 11.2 Å². The van der Waals surface area contributed by atoms with E-state index in [1.807, 2.05) is 38.1 Å². The molecule has 8 nitrogen and oxygen atoms in total. The molecule has 1 aliphatic rings. The number of hydrogen-bond acceptors (Lipinski definition) is 4. The predicted molar refractivity (Wildman–Crippen MR) is 122 cm³/mol. The van der Waals surface area contributed by atoms with Gasteiger partial charge in [-0.25, -0.2) is 4.79 Å². The summed E-state index contributed by atoms with van der Waals surface area (Å²) >= 11 is 0. The van der Waals surface area contributed by atoms with Gasteiger partial charge in [0.15, 0.2) is 0 Å². The number of nitrogens with zero attached hydrogens (tertiary/aromatic N) is 1. The van der Waals surface area contributed by atoms with Crippen molar-refractivity contribution in [3.63, 3.8) is 0 Å². The molecule has 1 aromatic heterocycles. The monoisotopic (exact) mass is 440 g/mol. The van der Waals surface area contributed by atoms with Gasteiger partial charge in [-0.2, -0.15) is 5.10 Å². The van der Waals surface area contributed by atoms with Crippen molar-refractivity contribution in [2.75, 3.05) is 5.32 Å². The van der Waals surface area contributed by atoms with Crippen LogP contribution in [0.15, 0.2) is 30.3 Å². The highest BCUT2D eigenvalue weighted by molar-refractivity contribution is 6.02. The van der Waals surface area contributed by atoms with Crippen molar-refractivity contribution in [2.24, 2.45) is 5.92 Å². The van der Waals surface area contributed by atoms with Crippen molar-refractivity contribution in [2.45, 2.75) is 70.8 Å². The molecule has 0 spiro atoms. The summed E-state index contributed by atoms with van der Waals surface area (Å²) in [4.78, 5) is 36.1. The van der Waals surface area contributed by atoms with Crippen molar-refractivity contribution in [3.05, 3.63) is 47.3 Å². The largest absolute Gasteiger partial charge is 0.480 e. The number of carbonyl (C=O) groups excluding carboxylic acids is 2. The molecular weight excluding hydrogens is 408 g/mol. The Morgan fingerprint density at radius 1 is 1.09 bits per heavy atom. The van der Waals surface area contributed by atoms with Gasteiger partial charge in [-0.15, -0.1) is 0 Å². The Hall–Kier alpha value is -3.16. The maximum absolute atomic E-state index is 12.4. The summed E-state index contributed by atoms with van der Waals surface area (Å²) in [6, 6.07) is 9.57. The summed E-state index contributed by atoms with van der Waals surface area (Å²) in [6.45, 7) is 7.03. The van der Waals surface area contributed by atoms with Crippen molar-refractivity contribution < 1.29 is 19.5 Å². The Labute approximate surface area is 188 Å². The summed E-state index contributed by atoms with van der Waals surface area (Å²) < 4.78 is 0. The van der Waals surface area contributed by atoms with Gasteiger partial charge in [-0.05, 0) is 75.1 Å². The minimum Gasteiger partial charge on any atom is -0.480 e. The van der Waals surface area contributed by atoms with Gasteiger partial charge in [0.25, 0.3) is 5.91 Å². The first kappa shape index (κ1) is 23.5. The molecule has 0 bridgehead atoms. The SMILES string of the molecule is CC(C)c1cc(C(=O)Nc2ccc([C@H]3CC[C@@H](C(=O)NC(C)(C)C(=O)O)CC3)cc2)[nH]n1. The standard InChI is InChI=1S/C24H32N4O4/c1-14(2)19-13-20(28-27-19)22(30)25-18-11-9-16(10-12-18)15-5-7-17(8-6-15)21(29)26-24(3,4)23(31)32/h9-15,17H,5-8H2,1-4H3,(H,25,30)(H,26,29)(H,27,28)(H,31,32)/t15-,17+. The first-order valence-electron chi connectivity index (χ1n) is 11.1. The number of hydrogen-bond donors (Lipinski definition) is 4. The number of carboxylic acids is 1. The number of rotatable bonds is 7. The van der Waals surface area contributed by atoms with E-state index in [1.54, 1.807) is 6.07 Å². The zero-order valence-electron chi connectivity index (χ0n) is 19.1. The summed E-state index contributed by atoms with van der Waals surface area (Å²) in [7, 11) is 0.